The molecular weight excluding hydrogens is 425 g/mol. The number of halogens is 2. The van der Waals surface area contributed by atoms with Gasteiger partial charge >= 0.3 is 0 Å². The van der Waals surface area contributed by atoms with Gasteiger partial charge in [0.25, 0.3) is 5.91 Å². The van der Waals surface area contributed by atoms with Crippen molar-refractivity contribution < 1.29 is 22.7 Å². The van der Waals surface area contributed by atoms with Gasteiger partial charge in [-0.15, -0.1) is 0 Å². The third-order valence-corrected chi connectivity index (χ3v) is 6.47. The minimum absolute atomic E-state index is 0.0765. The zero-order valence-corrected chi connectivity index (χ0v) is 16.3. The second kappa shape index (κ2) is 7.00. The largest absolute Gasteiger partial charge is 0.507 e. The van der Waals surface area contributed by atoms with Gasteiger partial charge in [0.15, 0.2) is 9.84 Å². The Morgan fingerprint density at radius 3 is 2.62 bits per heavy atom. The van der Waals surface area contributed by atoms with E-state index in [9.17, 15) is 22.7 Å². The van der Waals surface area contributed by atoms with Crippen LogP contribution in [0.5, 0.6) is 5.75 Å². The monoisotopic (exact) mass is 441 g/mol. The molecule has 5 nitrogen and oxygen atoms in total. The highest BCUT2D eigenvalue weighted by molar-refractivity contribution is 9.10. The molecule has 0 aromatic heterocycles. The lowest BCUT2D eigenvalue weighted by atomic mass is 10.0. The first kappa shape index (κ1) is 18.8. The number of phenols is 1. The molecule has 26 heavy (non-hydrogen) atoms. The first-order valence-electron chi connectivity index (χ1n) is 7.98. The Hall–Kier alpha value is -1.93. The Labute approximate surface area is 159 Å². The fourth-order valence-corrected chi connectivity index (χ4v) is 4.77. The van der Waals surface area contributed by atoms with E-state index >= 15 is 0 Å². The van der Waals surface area contributed by atoms with E-state index in [1.165, 1.54) is 37.4 Å². The van der Waals surface area contributed by atoms with Crippen molar-refractivity contribution in [1.29, 1.82) is 0 Å². The Kier molecular flexibility index (Phi) is 5.07. The number of nitrogens with one attached hydrogen (secondary N) is 1. The molecule has 0 atom stereocenters. The topological polar surface area (TPSA) is 83.5 Å². The number of aromatic hydroxyl groups is 1. The summed E-state index contributed by atoms with van der Waals surface area (Å²) in [7, 11) is -2.62. The third-order valence-electron chi connectivity index (χ3n) is 4.29. The van der Waals surface area contributed by atoms with E-state index < -0.39 is 33.1 Å². The van der Waals surface area contributed by atoms with Crippen molar-refractivity contribution in [1.82, 2.24) is 5.32 Å². The van der Waals surface area contributed by atoms with Crippen LogP contribution >= 0.6 is 15.9 Å². The number of carbonyl (C=O) groups is 1. The average Bonchev–Trinajstić information content (AvgIpc) is 3.43. The number of hydrogen-bond donors (Lipinski definition) is 2. The Bertz CT molecular complexity index is 987. The fourth-order valence-electron chi connectivity index (χ4n) is 2.79. The minimum atomic E-state index is -4.01. The number of phenolic OH excluding ortho intramolecular Hbond substituents is 1. The van der Waals surface area contributed by atoms with E-state index in [4.69, 9.17) is 0 Å². The maximum atomic E-state index is 14.8. The number of benzene rings is 2. The lowest BCUT2D eigenvalue weighted by Gasteiger charge is -2.12. The van der Waals surface area contributed by atoms with E-state index in [-0.39, 0.29) is 21.9 Å². The van der Waals surface area contributed by atoms with Crippen LogP contribution in [0.4, 0.5) is 4.39 Å². The molecule has 0 bridgehead atoms. The zero-order valence-electron chi connectivity index (χ0n) is 13.9. The van der Waals surface area contributed by atoms with Crippen molar-refractivity contribution in [2.24, 2.45) is 0 Å². The van der Waals surface area contributed by atoms with Crippen LogP contribution in [0.3, 0.4) is 0 Å². The number of rotatable bonds is 5. The van der Waals surface area contributed by atoms with Crippen LogP contribution in [0.25, 0.3) is 0 Å². The van der Waals surface area contributed by atoms with Crippen molar-refractivity contribution in [3.63, 3.8) is 0 Å². The Morgan fingerprint density at radius 2 is 2.00 bits per heavy atom. The van der Waals surface area contributed by atoms with Gasteiger partial charge in [-0.05, 0) is 48.6 Å². The highest BCUT2D eigenvalue weighted by atomic mass is 79.9. The number of amides is 1. The quantitative estimate of drug-likeness (QED) is 0.743. The van der Waals surface area contributed by atoms with Gasteiger partial charge in [-0.25, -0.2) is 12.8 Å². The number of carbonyl (C=O) groups excluding carboxylic acids is 1. The standard InChI is InChI=1S/C18H17BrFNO4S/c1-21-18(23)14-7-11(10-2-3-10)6-12(17(14)20)9-26(24,25)16-8-13(19)4-5-15(16)22/h4-8,10,22H,2-3,9H2,1H3,(H,21,23). The van der Waals surface area contributed by atoms with Crippen LogP contribution in [0.1, 0.15) is 40.2 Å². The molecule has 3 rings (SSSR count). The summed E-state index contributed by atoms with van der Waals surface area (Å²) in [5.41, 5.74) is 0.515. The van der Waals surface area contributed by atoms with Crippen molar-refractivity contribution in [2.45, 2.75) is 29.4 Å². The van der Waals surface area contributed by atoms with E-state index in [2.05, 4.69) is 21.2 Å². The maximum Gasteiger partial charge on any atom is 0.254 e. The highest BCUT2D eigenvalue weighted by Gasteiger charge is 2.29. The molecule has 2 aromatic carbocycles. The van der Waals surface area contributed by atoms with Crippen LogP contribution in [0.2, 0.25) is 0 Å². The fraction of sp³-hybridized carbons (Fsp3) is 0.278. The predicted molar refractivity (Wildman–Crippen MR) is 98.5 cm³/mol. The molecule has 0 saturated heterocycles. The van der Waals surface area contributed by atoms with E-state index in [1.807, 2.05) is 0 Å². The summed E-state index contributed by atoms with van der Waals surface area (Å²) in [6.07, 6.45) is 1.86. The molecule has 138 valence electrons. The van der Waals surface area contributed by atoms with Gasteiger partial charge in [-0.2, -0.15) is 0 Å². The summed E-state index contributed by atoms with van der Waals surface area (Å²) in [5.74, 6) is -2.29. The normalized spacial score (nSPS) is 14.3. The van der Waals surface area contributed by atoms with Crippen LogP contribution < -0.4 is 5.32 Å². The summed E-state index contributed by atoms with van der Waals surface area (Å²) >= 11 is 3.17. The lowest BCUT2D eigenvalue weighted by Crippen LogP contribution is -2.21. The molecule has 1 aliphatic rings. The SMILES string of the molecule is CNC(=O)c1cc(C2CC2)cc(CS(=O)(=O)c2cc(Br)ccc2O)c1F. The molecule has 2 N–H and O–H groups in total. The summed E-state index contributed by atoms with van der Waals surface area (Å²) in [6.45, 7) is 0. The average molecular weight is 442 g/mol. The zero-order chi connectivity index (χ0) is 19.1. The predicted octanol–water partition coefficient (Wildman–Crippen LogP) is 3.50. The summed E-state index contributed by atoms with van der Waals surface area (Å²) in [4.78, 5) is 11.7. The van der Waals surface area contributed by atoms with E-state index in [1.54, 1.807) is 0 Å². The van der Waals surface area contributed by atoms with Crippen molar-refractivity contribution >= 4 is 31.7 Å². The van der Waals surface area contributed by atoms with Gasteiger partial charge in [0, 0.05) is 17.1 Å². The van der Waals surface area contributed by atoms with Gasteiger partial charge in [0.1, 0.15) is 16.5 Å². The number of hydrogen-bond acceptors (Lipinski definition) is 4. The summed E-state index contributed by atoms with van der Waals surface area (Å²) in [6, 6.07) is 7.02. The van der Waals surface area contributed by atoms with Gasteiger partial charge in [-0.1, -0.05) is 22.0 Å². The molecule has 0 radical (unpaired) electrons. The molecule has 0 spiro atoms. The maximum absolute atomic E-state index is 14.8. The molecule has 0 unspecified atom stereocenters. The van der Waals surface area contributed by atoms with Gasteiger partial charge in [0.2, 0.25) is 0 Å². The van der Waals surface area contributed by atoms with E-state index in [0.29, 0.717) is 4.47 Å². The van der Waals surface area contributed by atoms with Crippen LogP contribution in [-0.2, 0) is 15.6 Å². The molecule has 1 aliphatic carbocycles. The molecule has 1 fully saturated rings. The highest BCUT2D eigenvalue weighted by Crippen LogP contribution is 2.41. The molecule has 0 aliphatic heterocycles. The van der Waals surface area contributed by atoms with Gasteiger partial charge in [0.05, 0.1) is 11.3 Å². The Morgan fingerprint density at radius 1 is 1.31 bits per heavy atom. The molecular formula is C18H17BrFNO4S. The molecule has 1 amide bonds. The minimum Gasteiger partial charge on any atom is -0.507 e. The molecule has 8 heteroatoms. The lowest BCUT2D eigenvalue weighted by molar-refractivity contribution is 0.0958. The second-order valence-corrected chi connectivity index (χ2v) is 9.14. The van der Waals surface area contributed by atoms with Crippen LogP contribution in [0, 0.1) is 5.82 Å². The van der Waals surface area contributed by atoms with E-state index in [0.717, 1.165) is 18.4 Å². The van der Waals surface area contributed by atoms with Crippen LogP contribution in [-0.4, -0.2) is 26.5 Å². The van der Waals surface area contributed by atoms with Crippen molar-refractivity contribution in [3.8, 4) is 5.75 Å². The second-order valence-electron chi connectivity index (χ2n) is 6.27. The molecule has 2 aromatic rings. The first-order valence-corrected chi connectivity index (χ1v) is 10.4. The molecule has 1 saturated carbocycles. The van der Waals surface area contributed by atoms with Crippen molar-refractivity contribution in [3.05, 3.63) is 57.3 Å². The Balaban J connectivity index is 2.07. The first-order chi connectivity index (χ1) is 12.2. The molecule has 0 heterocycles. The smallest absolute Gasteiger partial charge is 0.254 e. The van der Waals surface area contributed by atoms with Gasteiger partial charge in [-0.3, -0.25) is 4.79 Å². The van der Waals surface area contributed by atoms with Gasteiger partial charge < -0.3 is 10.4 Å². The third kappa shape index (κ3) is 3.76. The summed E-state index contributed by atoms with van der Waals surface area (Å²) in [5, 5.41) is 12.3. The van der Waals surface area contributed by atoms with Crippen molar-refractivity contribution in [2.75, 3.05) is 7.05 Å². The van der Waals surface area contributed by atoms with Crippen LogP contribution in [0.15, 0.2) is 39.7 Å². The summed E-state index contributed by atoms with van der Waals surface area (Å²) < 4.78 is 40.7. The number of sulfone groups is 1.